The average molecular weight is 393 g/mol. The maximum absolute atomic E-state index is 14.8. The third-order valence-electron chi connectivity index (χ3n) is 4.99. The second-order valence-corrected chi connectivity index (χ2v) is 6.69. The van der Waals surface area contributed by atoms with Crippen molar-refractivity contribution in [2.75, 3.05) is 13.7 Å². The number of hydrogen-bond donors (Lipinski definition) is 0. The largest absolute Gasteiger partial charge is 0.465 e. The van der Waals surface area contributed by atoms with Crippen LogP contribution in [0.2, 0.25) is 0 Å². The molecule has 0 amide bonds. The van der Waals surface area contributed by atoms with E-state index in [0.29, 0.717) is 12.2 Å². The van der Waals surface area contributed by atoms with Gasteiger partial charge in [-0.3, -0.25) is 4.79 Å². The number of nitrogens with zero attached hydrogens (tertiary/aromatic N) is 1. The van der Waals surface area contributed by atoms with Crippen molar-refractivity contribution >= 4 is 23.0 Å². The number of halogens is 2. The molecule has 4 rings (SSSR count). The number of Topliss-reactive ketones (excluding diaryl/α,β-unsaturated/α-hetero) is 1. The first-order valence-electron chi connectivity index (χ1n) is 9.07. The highest BCUT2D eigenvalue weighted by Gasteiger charge is 2.31. The summed E-state index contributed by atoms with van der Waals surface area (Å²) in [5, 5.41) is 0. The quantitative estimate of drug-likeness (QED) is 0.728. The first kappa shape index (κ1) is 18.8. The van der Waals surface area contributed by atoms with Gasteiger partial charge in [-0.15, -0.1) is 0 Å². The minimum absolute atomic E-state index is 0.0746. The maximum Gasteiger partial charge on any atom is 0.337 e. The molecule has 0 unspecified atom stereocenters. The molecule has 2 aromatic carbocycles. The number of esters is 1. The van der Waals surface area contributed by atoms with Gasteiger partial charge in [0, 0.05) is 24.2 Å². The van der Waals surface area contributed by atoms with Crippen molar-refractivity contribution in [3.05, 3.63) is 94.7 Å². The molecule has 2 heterocycles. The van der Waals surface area contributed by atoms with Gasteiger partial charge in [0.1, 0.15) is 11.6 Å². The van der Waals surface area contributed by atoms with Crippen LogP contribution in [0.1, 0.15) is 27.9 Å². The van der Waals surface area contributed by atoms with Crippen molar-refractivity contribution in [1.82, 2.24) is 4.90 Å². The molecule has 0 saturated heterocycles. The van der Waals surface area contributed by atoms with Gasteiger partial charge in [0.2, 0.25) is 0 Å². The minimum Gasteiger partial charge on any atom is -0.465 e. The Kier molecular flexibility index (Phi) is 4.84. The highest BCUT2D eigenvalue weighted by atomic mass is 19.1. The normalized spacial score (nSPS) is 15.9. The molecule has 146 valence electrons. The third-order valence-corrected chi connectivity index (χ3v) is 4.99. The van der Waals surface area contributed by atoms with Crippen molar-refractivity contribution in [2.24, 2.45) is 0 Å². The SMILES string of the molecule is COC(=O)c1ccc(C2=C3C=CC=C(c4ccc(F)cc4)N3CCC2=O)c(F)c1. The van der Waals surface area contributed by atoms with E-state index < -0.39 is 11.8 Å². The number of carbonyl (C=O) groups excluding carboxylic acids is 2. The van der Waals surface area contributed by atoms with E-state index in [0.717, 1.165) is 17.3 Å². The summed E-state index contributed by atoms with van der Waals surface area (Å²) >= 11 is 0. The Morgan fingerprint density at radius 3 is 2.55 bits per heavy atom. The molecule has 2 aliphatic heterocycles. The van der Waals surface area contributed by atoms with Crippen LogP contribution in [0.3, 0.4) is 0 Å². The second-order valence-electron chi connectivity index (χ2n) is 6.69. The van der Waals surface area contributed by atoms with E-state index in [1.165, 1.54) is 31.4 Å². The van der Waals surface area contributed by atoms with Gasteiger partial charge >= 0.3 is 5.97 Å². The lowest BCUT2D eigenvalue weighted by atomic mass is 9.90. The summed E-state index contributed by atoms with van der Waals surface area (Å²) in [5.74, 6) is -1.83. The molecular weight excluding hydrogens is 376 g/mol. The predicted octanol–water partition coefficient (Wildman–Crippen LogP) is 4.35. The molecule has 0 bridgehead atoms. The molecule has 0 aromatic heterocycles. The Bertz CT molecular complexity index is 1100. The Morgan fingerprint density at radius 2 is 1.86 bits per heavy atom. The van der Waals surface area contributed by atoms with Crippen LogP contribution < -0.4 is 0 Å². The number of carbonyl (C=O) groups is 2. The fourth-order valence-electron chi connectivity index (χ4n) is 3.60. The molecule has 0 spiro atoms. The van der Waals surface area contributed by atoms with Crippen molar-refractivity contribution in [3.8, 4) is 0 Å². The number of fused-ring (bicyclic) bond motifs is 1. The molecule has 0 aliphatic carbocycles. The molecule has 0 saturated carbocycles. The summed E-state index contributed by atoms with van der Waals surface area (Å²) < 4.78 is 32.8. The molecule has 0 atom stereocenters. The topological polar surface area (TPSA) is 46.6 Å². The van der Waals surface area contributed by atoms with Gasteiger partial charge in [0.05, 0.1) is 23.9 Å². The first-order valence-corrected chi connectivity index (χ1v) is 9.07. The van der Waals surface area contributed by atoms with Gasteiger partial charge < -0.3 is 9.64 Å². The van der Waals surface area contributed by atoms with E-state index in [-0.39, 0.29) is 34.7 Å². The van der Waals surface area contributed by atoms with Crippen molar-refractivity contribution in [2.45, 2.75) is 6.42 Å². The number of rotatable bonds is 3. The van der Waals surface area contributed by atoms with E-state index in [9.17, 15) is 18.4 Å². The summed E-state index contributed by atoms with van der Waals surface area (Å²) in [6, 6.07) is 10.0. The Balaban J connectivity index is 1.80. The van der Waals surface area contributed by atoms with Crippen molar-refractivity contribution < 1.29 is 23.1 Å². The Hall–Kier alpha value is -3.54. The average Bonchev–Trinajstić information content (AvgIpc) is 2.73. The first-order chi connectivity index (χ1) is 14.0. The molecule has 0 fully saturated rings. The summed E-state index contributed by atoms with van der Waals surface area (Å²) in [6.45, 7) is 0.438. The zero-order valence-corrected chi connectivity index (χ0v) is 15.6. The van der Waals surface area contributed by atoms with Gasteiger partial charge in [0.15, 0.2) is 5.78 Å². The smallest absolute Gasteiger partial charge is 0.337 e. The summed E-state index contributed by atoms with van der Waals surface area (Å²) in [6.07, 6.45) is 5.63. The lowest BCUT2D eigenvalue weighted by molar-refractivity contribution is -0.114. The third kappa shape index (κ3) is 3.38. The molecule has 2 aliphatic rings. The van der Waals surface area contributed by atoms with E-state index >= 15 is 0 Å². The summed E-state index contributed by atoms with van der Waals surface area (Å²) in [4.78, 5) is 26.3. The summed E-state index contributed by atoms with van der Waals surface area (Å²) in [7, 11) is 1.22. The molecular formula is C23H17F2NO3. The number of hydrogen-bond acceptors (Lipinski definition) is 4. The summed E-state index contributed by atoms with van der Waals surface area (Å²) in [5.41, 5.74) is 2.64. The van der Waals surface area contributed by atoms with Gasteiger partial charge in [0.25, 0.3) is 0 Å². The van der Waals surface area contributed by atoms with Crippen molar-refractivity contribution in [1.29, 1.82) is 0 Å². The van der Waals surface area contributed by atoms with Crippen LogP contribution in [0.25, 0.3) is 11.3 Å². The number of methoxy groups -OCH3 is 1. The van der Waals surface area contributed by atoms with Crippen LogP contribution in [0.15, 0.2) is 66.4 Å². The second kappa shape index (κ2) is 7.47. The molecule has 29 heavy (non-hydrogen) atoms. The molecule has 6 heteroatoms. The zero-order chi connectivity index (χ0) is 20.5. The molecule has 4 nitrogen and oxygen atoms in total. The van der Waals surface area contributed by atoms with Crippen LogP contribution in [-0.4, -0.2) is 30.3 Å². The van der Waals surface area contributed by atoms with Gasteiger partial charge in [-0.05, 0) is 54.1 Å². The Morgan fingerprint density at radius 1 is 1.10 bits per heavy atom. The molecule has 0 N–H and O–H groups in total. The van der Waals surface area contributed by atoms with Crippen LogP contribution in [0, 0.1) is 11.6 Å². The molecule has 0 radical (unpaired) electrons. The van der Waals surface area contributed by atoms with Crippen LogP contribution >= 0.6 is 0 Å². The predicted molar refractivity (Wildman–Crippen MR) is 105 cm³/mol. The molecule has 2 aromatic rings. The van der Waals surface area contributed by atoms with Gasteiger partial charge in [-0.1, -0.05) is 12.1 Å². The highest BCUT2D eigenvalue weighted by molar-refractivity contribution is 6.23. The standard InChI is InChI=1S/C23H17F2NO3/c1-29-23(28)15-7-10-17(18(25)13-15)22-20-4-2-3-19(26(20)12-11-21(22)27)14-5-8-16(24)9-6-14/h2-10,13H,11-12H2,1H3. The monoisotopic (exact) mass is 393 g/mol. The minimum atomic E-state index is -0.670. The number of ether oxygens (including phenoxy) is 1. The number of ketones is 1. The van der Waals surface area contributed by atoms with Crippen LogP contribution in [0.5, 0.6) is 0 Å². The fourth-order valence-corrected chi connectivity index (χ4v) is 3.60. The highest BCUT2D eigenvalue weighted by Crippen LogP contribution is 2.37. The lowest BCUT2D eigenvalue weighted by Gasteiger charge is -2.35. The maximum atomic E-state index is 14.8. The zero-order valence-electron chi connectivity index (χ0n) is 15.6. The van der Waals surface area contributed by atoms with E-state index in [4.69, 9.17) is 0 Å². The number of allylic oxidation sites excluding steroid dienone is 4. The van der Waals surface area contributed by atoms with Crippen molar-refractivity contribution in [3.63, 3.8) is 0 Å². The van der Waals surface area contributed by atoms with E-state index in [1.807, 2.05) is 11.0 Å². The lowest BCUT2D eigenvalue weighted by Crippen LogP contribution is -2.32. The number of benzene rings is 2. The van der Waals surface area contributed by atoms with Crippen LogP contribution in [-0.2, 0) is 9.53 Å². The van der Waals surface area contributed by atoms with Gasteiger partial charge in [-0.25, -0.2) is 13.6 Å². The van der Waals surface area contributed by atoms with Crippen LogP contribution in [0.4, 0.5) is 8.78 Å². The Labute approximate surface area is 166 Å². The van der Waals surface area contributed by atoms with Gasteiger partial charge in [-0.2, -0.15) is 0 Å². The van der Waals surface area contributed by atoms with E-state index in [1.54, 1.807) is 24.3 Å². The fraction of sp³-hybridized carbons (Fsp3) is 0.130. The van der Waals surface area contributed by atoms with E-state index in [2.05, 4.69) is 4.74 Å².